The van der Waals surface area contributed by atoms with Gasteiger partial charge in [0.2, 0.25) is 5.91 Å². The highest BCUT2D eigenvalue weighted by atomic mass is 32.1. The highest BCUT2D eigenvalue weighted by molar-refractivity contribution is 7.14. The van der Waals surface area contributed by atoms with Crippen molar-refractivity contribution in [3.05, 3.63) is 21.9 Å². The molecule has 1 aromatic rings. The molecule has 0 radical (unpaired) electrons. The normalized spacial score (nSPS) is 17.1. The minimum Gasteiger partial charge on any atom is -0.353 e. The predicted octanol–water partition coefficient (Wildman–Crippen LogP) is 2.23. The number of ketones is 1. The Labute approximate surface area is 124 Å². The van der Waals surface area contributed by atoms with E-state index in [0.29, 0.717) is 12.8 Å². The van der Waals surface area contributed by atoms with Crippen molar-refractivity contribution < 1.29 is 9.59 Å². The van der Waals surface area contributed by atoms with E-state index in [1.54, 1.807) is 0 Å². The minimum atomic E-state index is 0.00109. The number of carbonyl (C=O) groups excluding carboxylic acids is 2. The molecule has 4 nitrogen and oxygen atoms in total. The maximum absolute atomic E-state index is 11.9. The molecule has 20 heavy (non-hydrogen) atoms. The molecule has 0 atom stereocenters. The minimum absolute atomic E-state index is 0.00109. The first kappa shape index (κ1) is 15.2. The first-order chi connectivity index (χ1) is 9.54. The van der Waals surface area contributed by atoms with E-state index in [0.717, 1.165) is 35.7 Å². The van der Waals surface area contributed by atoms with Gasteiger partial charge in [0.05, 0.1) is 4.88 Å². The van der Waals surface area contributed by atoms with E-state index in [4.69, 9.17) is 0 Å². The molecule has 1 aliphatic rings. The van der Waals surface area contributed by atoms with Crippen LogP contribution in [-0.4, -0.2) is 42.8 Å². The second kappa shape index (κ2) is 6.99. The van der Waals surface area contributed by atoms with Crippen molar-refractivity contribution >= 4 is 23.0 Å². The maximum Gasteiger partial charge on any atom is 0.220 e. The third kappa shape index (κ3) is 4.42. The summed E-state index contributed by atoms with van der Waals surface area (Å²) in [5.74, 6) is 0.0720. The largest absolute Gasteiger partial charge is 0.353 e. The Morgan fingerprint density at radius 1 is 1.30 bits per heavy atom. The van der Waals surface area contributed by atoms with Crippen LogP contribution < -0.4 is 5.32 Å². The van der Waals surface area contributed by atoms with Gasteiger partial charge in [0.15, 0.2) is 5.78 Å². The molecule has 2 heterocycles. The summed E-state index contributed by atoms with van der Waals surface area (Å²) >= 11 is 1.50. The van der Waals surface area contributed by atoms with Gasteiger partial charge in [-0.05, 0) is 52.0 Å². The number of thiophene rings is 1. The van der Waals surface area contributed by atoms with E-state index >= 15 is 0 Å². The first-order valence-corrected chi connectivity index (χ1v) is 7.94. The molecular weight excluding hydrogens is 272 g/mol. The van der Waals surface area contributed by atoms with Crippen LogP contribution >= 0.6 is 11.3 Å². The fourth-order valence-electron chi connectivity index (χ4n) is 2.39. The molecule has 110 valence electrons. The summed E-state index contributed by atoms with van der Waals surface area (Å²) in [5.41, 5.74) is 0. The van der Waals surface area contributed by atoms with Crippen LogP contribution in [0.25, 0.3) is 0 Å². The van der Waals surface area contributed by atoms with Gasteiger partial charge in [-0.3, -0.25) is 9.59 Å². The number of nitrogens with zero attached hydrogens (tertiary/aromatic N) is 1. The summed E-state index contributed by atoms with van der Waals surface area (Å²) in [5, 5.41) is 3.04. The fraction of sp³-hybridized carbons (Fsp3) is 0.600. The van der Waals surface area contributed by atoms with Gasteiger partial charge in [0.1, 0.15) is 0 Å². The van der Waals surface area contributed by atoms with E-state index in [9.17, 15) is 9.59 Å². The summed E-state index contributed by atoms with van der Waals surface area (Å²) in [6.07, 6.45) is 2.60. The topological polar surface area (TPSA) is 49.4 Å². The molecule has 1 aromatic heterocycles. The lowest BCUT2D eigenvalue weighted by Crippen LogP contribution is -2.43. The highest BCUT2D eigenvalue weighted by Crippen LogP contribution is 2.17. The van der Waals surface area contributed by atoms with Crippen molar-refractivity contribution in [3.63, 3.8) is 0 Å². The van der Waals surface area contributed by atoms with E-state index < -0.39 is 0 Å². The van der Waals surface area contributed by atoms with E-state index in [1.807, 2.05) is 19.1 Å². The first-order valence-electron chi connectivity index (χ1n) is 7.12. The SMILES string of the molecule is Cc1ccc(C(=O)CCC(=O)NC2CCN(C)CC2)s1. The molecule has 0 aromatic carbocycles. The molecule has 1 N–H and O–H groups in total. The van der Waals surface area contributed by atoms with Gasteiger partial charge in [0.25, 0.3) is 0 Å². The average molecular weight is 294 g/mol. The Kier molecular flexibility index (Phi) is 5.31. The number of rotatable bonds is 5. The van der Waals surface area contributed by atoms with Crippen molar-refractivity contribution in [2.45, 2.75) is 38.6 Å². The molecule has 0 bridgehead atoms. The summed E-state index contributed by atoms with van der Waals surface area (Å²) < 4.78 is 0. The van der Waals surface area contributed by atoms with Gasteiger partial charge in [0, 0.05) is 23.8 Å². The lowest BCUT2D eigenvalue weighted by Gasteiger charge is -2.29. The number of aryl methyl sites for hydroxylation is 1. The van der Waals surface area contributed by atoms with Crippen molar-refractivity contribution in [1.29, 1.82) is 0 Å². The van der Waals surface area contributed by atoms with Crippen LogP contribution in [0.2, 0.25) is 0 Å². The van der Waals surface area contributed by atoms with Crippen LogP contribution in [0.4, 0.5) is 0 Å². The Morgan fingerprint density at radius 2 is 2.00 bits per heavy atom. The smallest absolute Gasteiger partial charge is 0.220 e. The Morgan fingerprint density at radius 3 is 2.60 bits per heavy atom. The second-order valence-electron chi connectivity index (χ2n) is 5.48. The summed E-state index contributed by atoms with van der Waals surface area (Å²) in [4.78, 5) is 27.9. The zero-order valence-electron chi connectivity index (χ0n) is 12.1. The summed E-state index contributed by atoms with van der Waals surface area (Å²) in [6.45, 7) is 4.03. The van der Waals surface area contributed by atoms with Crippen molar-refractivity contribution in [2.24, 2.45) is 0 Å². The number of carbonyl (C=O) groups is 2. The molecule has 1 fully saturated rings. The second-order valence-corrected chi connectivity index (χ2v) is 6.77. The van der Waals surface area contributed by atoms with Crippen LogP contribution in [0.3, 0.4) is 0 Å². The van der Waals surface area contributed by atoms with Gasteiger partial charge >= 0.3 is 0 Å². The van der Waals surface area contributed by atoms with E-state index in [1.165, 1.54) is 11.3 Å². The molecule has 1 amide bonds. The lowest BCUT2D eigenvalue weighted by atomic mass is 10.1. The molecular formula is C15H22N2O2S. The third-order valence-corrected chi connectivity index (χ3v) is 4.72. The Bertz CT molecular complexity index is 476. The number of nitrogens with one attached hydrogen (secondary N) is 1. The summed E-state index contributed by atoms with van der Waals surface area (Å²) in [6, 6.07) is 4.06. The average Bonchev–Trinajstić information content (AvgIpc) is 2.85. The number of amides is 1. The molecule has 0 saturated carbocycles. The summed E-state index contributed by atoms with van der Waals surface area (Å²) in [7, 11) is 2.10. The van der Waals surface area contributed by atoms with Crippen molar-refractivity contribution in [1.82, 2.24) is 10.2 Å². The molecule has 1 aliphatic heterocycles. The Hall–Kier alpha value is -1.20. The zero-order chi connectivity index (χ0) is 14.5. The van der Waals surface area contributed by atoms with Gasteiger partial charge in [-0.25, -0.2) is 0 Å². The van der Waals surface area contributed by atoms with E-state index in [-0.39, 0.29) is 17.7 Å². The van der Waals surface area contributed by atoms with Crippen LogP contribution in [0.1, 0.15) is 40.2 Å². The van der Waals surface area contributed by atoms with Crippen LogP contribution in [0.5, 0.6) is 0 Å². The molecule has 1 saturated heterocycles. The van der Waals surface area contributed by atoms with E-state index in [2.05, 4.69) is 17.3 Å². The van der Waals surface area contributed by atoms with Crippen molar-refractivity contribution in [2.75, 3.05) is 20.1 Å². The monoisotopic (exact) mass is 294 g/mol. The number of hydrogen-bond donors (Lipinski definition) is 1. The molecule has 5 heteroatoms. The van der Waals surface area contributed by atoms with Gasteiger partial charge in [-0.15, -0.1) is 11.3 Å². The van der Waals surface area contributed by atoms with Gasteiger partial charge in [-0.1, -0.05) is 0 Å². The molecule has 0 spiro atoms. The molecule has 2 rings (SSSR count). The fourth-order valence-corrected chi connectivity index (χ4v) is 3.22. The van der Waals surface area contributed by atoms with Crippen LogP contribution in [0.15, 0.2) is 12.1 Å². The van der Waals surface area contributed by atoms with Gasteiger partial charge < -0.3 is 10.2 Å². The third-order valence-electron chi connectivity index (χ3n) is 3.68. The van der Waals surface area contributed by atoms with Crippen molar-refractivity contribution in [3.8, 4) is 0 Å². The quantitative estimate of drug-likeness (QED) is 0.847. The number of piperidine rings is 1. The highest BCUT2D eigenvalue weighted by Gasteiger charge is 2.19. The number of likely N-dealkylation sites (tertiary alicyclic amines) is 1. The van der Waals surface area contributed by atoms with Gasteiger partial charge in [-0.2, -0.15) is 0 Å². The molecule has 0 aliphatic carbocycles. The maximum atomic E-state index is 11.9. The predicted molar refractivity (Wildman–Crippen MR) is 81.3 cm³/mol. The number of hydrogen-bond acceptors (Lipinski definition) is 4. The molecule has 0 unspecified atom stereocenters. The van der Waals surface area contributed by atoms with Crippen LogP contribution in [0, 0.1) is 6.92 Å². The standard InChI is InChI=1S/C15H22N2O2S/c1-11-3-5-14(20-11)13(18)4-6-15(19)16-12-7-9-17(2)10-8-12/h3,5,12H,4,6-10H2,1-2H3,(H,16,19). The van der Waals surface area contributed by atoms with Crippen LogP contribution in [-0.2, 0) is 4.79 Å². The number of Topliss-reactive ketones (excluding diaryl/α,β-unsaturated/α-hetero) is 1. The Balaban J connectivity index is 1.71. The lowest BCUT2D eigenvalue weighted by molar-refractivity contribution is -0.122. The zero-order valence-corrected chi connectivity index (χ0v) is 13.0.